The summed E-state index contributed by atoms with van der Waals surface area (Å²) in [4.78, 5) is 0. The van der Waals surface area contributed by atoms with Crippen molar-refractivity contribution < 1.29 is 0 Å². The van der Waals surface area contributed by atoms with Crippen LogP contribution in [0.2, 0.25) is 0 Å². The molecule has 1 unspecified atom stereocenters. The molecule has 0 aromatic carbocycles. The van der Waals surface area contributed by atoms with Gasteiger partial charge in [0.1, 0.15) is 0 Å². The second-order valence-electron chi connectivity index (χ2n) is 2.44. The molecule has 0 saturated carbocycles. The first-order valence-electron chi connectivity index (χ1n) is 3.35. The molecule has 0 nitrogen and oxygen atoms in total. The van der Waals surface area contributed by atoms with Gasteiger partial charge in [-0.25, -0.2) is 0 Å². The fraction of sp³-hybridized carbons (Fsp3) is 0.333. The van der Waals surface area contributed by atoms with E-state index < -0.39 is 0 Å². The predicted octanol–water partition coefficient (Wildman–Crippen LogP) is 3.87. The standard InChI is InChI=1S/C9H12Cl2/c1-4-8(10)6-9(11)5-7(2)3/h4-6,9H,1H2,2-3H3. The lowest BCUT2D eigenvalue weighted by Crippen LogP contribution is -1.88. The van der Waals surface area contributed by atoms with Crippen LogP contribution in [0.3, 0.4) is 0 Å². The maximum atomic E-state index is 5.86. The molecule has 0 aromatic heterocycles. The molecule has 62 valence electrons. The number of rotatable bonds is 3. The van der Waals surface area contributed by atoms with Crippen molar-refractivity contribution in [3.8, 4) is 0 Å². The lowest BCUT2D eigenvalue weighted by Gasteiger charge is -1.97. The van der Waals surface area contributed by atoms with Crippen LogP contribution in [0, 0.1) is 0 Å². The molecular weight excluding hydrogens is 179 g/mol. The van der Waals surface area contributed by atoms with Gasteiger partial charge in [-0.1, -0.05) is 35.9 Å². The SMILES string of the molecule is C=CC(Cl)=CC(Cl)C=C(C)C. The van der Waals surface area contributed by atoms with Crippen LogP contribution in [0.5, 0.6) is 0 Å². The first-order chi connectivity index (χ1) is 5.06. The molecule has 0 spiro atoms. The van der Waals surface area contributed by atoms with E-state index in [1.54, 1.807) is 12.2 Å². The minimum absolute atomic E-state index is 0.134. The second-order valence-corrected chi connectivity index (χ2v) is 3.38. The van der Waals surface area contributed by atoms with Gasteiger partial charge in [-0.2, -0.15) is 0 Å². The van der Waals surface area contributed by atoms with Crippen molar-refractivity contribution in [3.63, 3.8) is 0 Å². The number of allylic oxidation sites excluding steroid dienone is 5. The Labute approximate surface area is 78.2 Å². The van der Waals surface area contributed by atoms with Crippen molar-refractivity contribution >= 4 is 23.2 Å². The summed E-state index contributed by atoms with van der Waals surface area (Å²) in [6, 6.07) is 0. The molecule has 0 radical (unpaired) electrons. The maximum Gasteiger partial charge on any atom is 0.0716 e. The maximum absolute atomic E-state index is 5.86. The molecule has 2 heteroatoms. The Bertz CT molecular complexity index is 186. The van der Waals surface area contributed by atoms with Gasteiger partial charge in [-0.05, 0) is 19.9 Å². The molecule has 0 bridgehead atoms. The fourth-order valence-electron chi connectivity index (χ4n) is 0.587. The van der Waals surface area contributed by atoms with Crippen molar-refractivity contribution in [2.75, 3.05) is 0 Å². The van der Waals surface area contributed by atoms with Gasteiger partial charge in [0.05, 0.1) is 5.38 Å². The molecule has 0 amide bonds. The highest BCUT2D eigenvalue weighted by atomic mass is 35.5. The summed E-state index contributed by atoms with van der Waals surface area (Å²) >= 11 is 11.5. The topological polar surface area (TPSA) is 0 Å². The molecule has 0 aliphatic heterocycles. The molecule has 0 fully saturated rings. The van der Waals surface area contributed by atoms with Crippen molar-refractivity contribution in [3.05, 3.63) is 35.4 Å². The minimum Gasteiger partial charge on any atom is -0.114 e. The average Bonchev–Trinajstić information content (AvgIpc) is 1.85. The summed E-state index contributed by atoms with van der Waals surface area (Å²) in [5.74, 6) is 0. The molecule has 0 aliphatic carbocycles. The highest BCUT2D eigenvalue weighted by Gasteiger charge is 1.95. The quantitative estimate of drug-likeness (QED) is 0.361. The van der Waals surface area contributed by atoms with Crippen LogP contribution in [-0.4, -0.2) is 5.38 Å². The lowest BCUT2D eigenvalue weighted by atomic mass is 10.2. The first kappa shape index (κ1) is 10.8. The van der Waals surface area contributed by atoms with E-state index in [-0.39, 0.29) is 5.38 Å². The number of hydrogen-bond donors (Lipinski definition) is 0. The zero-order chi connectivity index (χ0) is 8.85. The zero-order valence-electron chi connectivity index (χ0n) is 6.77. The van der Waals surface area contributed by atoms with Gasteiger partial charge < -0.3 is 0 Å². The summed E-state index contributed by atoms with van der Waals surface area (Å²) in [6.07, 6.45) is 5.23. The van der Waals surface area contributed by atoms with Crippen LogP contribution in [0.25, 0.3) is 0 Å². The summed E-state index contributed by atoms with van der Waals surface area (Å²) < 4.78 is 0. The number of halogens is 2. The van der Waals surface area contributed by atoms with Crippen LogP contribution < -0.4 is 0 Å². The van der Waals surface area contributed by atoms with Crippen molar-refractivity contribution in [2.24, 2.45) is 0 Å². The van der Waals surface area contributed by atoms with E-state index in [1.165, 1.54) is 5.57 Å². The first-order valence-corrected chi connectivity index (χ1v) is 4.16. The van der Waals surface area contributed by atoms with Gasteiger partial charge in [-0.15, -0.1) is 11.6 Å². The Balaban J connectivity index is 4.17. The van der Waals surface area contributed by atoms with Gasteiger partial charge >= 0.3 is 0 Å². The van der Waals surface area contributed by atoms with E-state index in [0.29, 0.717) is 5.03 Å². The Kier molecular flexibility index (Phi) is 5.35. The van der Waals surface area contributed by atoms with Gasteiger partial charge in [0.15, 0.2) is 0 Å². The van der Waals surface area contributed by atoms with Gasteiger partial charge in [0, 0.05) is 5.03 Å². The van der Waals surface area contributed by atoms with Crippen molar-refractivity contribution in [1.82, 2.24) is 0 Å². The van der Waals surface area contributed by atoms with E-state index in [9.17, 15) is 0 Å². The third kappa shape index (κ3) is 6.21. The summed E-state index contributed by atoms with van der Waals surface area (Å²) in [5, 5.41) is 0.452. The van der Waals surface area contributed by atoms with Crippen molar-refractivity contribution in [2.45, 2.75) is 19.2 Å². The molecule has 0 aromatic rings. The molecule has 0 aliphatic rings. The molecule has 0 rings (SSSR count). The summed E-state index contributed by atoms with van der Waals surface area (Å²) in [5.41, 5.74) is 1.18. The third-order valence-corrected chi connectivity index (χ3v) is 1.54. The Hall–Kier alpha value is -0.200. The van der Waals surface area contributed by atoms with Crippen LogP contribution in [0.15, 0.2) is 35.4 Å². The van der Waals surface area contributed by atoms with Crippen LogP contribution in [0.4, 0.5) is 0 Å². The highest BCUT2D eigenvalue weighted by Crippen LogP contribution is 2.10. The Morgan fingerprint density at radius 1 is 1.36 bits per heavy atom. The largest absolute Gasteiger partial charge is 0.114 e. The van der Waals surface area contributed by atoms with Gasteiger partial charge in [-0.3, -0.25) is 0 Å². The monoisotopic (exact) mass is 190 g/mol. The van der Waals surface area contributed by atoms with Gasteiger partial charge in [0.25, 0.3) is 0 Å². The molecule has 0 saturated heterocycles. The highest BCUT2D eigenvalue weighted by molar-refractivity contribution is 6.32. The Morgan fingerprint density at radius 3 is 2.27 bits per heavy atom. The second kappa shape index (κ2) is 5.45. The summed E-state index contributed by atoms with van der Waals surface area (Å²) in [6.45, 7) is 7.50. The predicted molar refractivity (Wildman–Crippen MR) is 53.2 cm³/mol. The van der Waals surface area contributed by atoms with Crippen LogP contribution >= 0.6 is 23.2 Å². The molecule has 1 atom stereocenters. The third-order valence-electron chi connectivity index (χ3n) is 1.01. The molecule has 0 heterocycles. The van der Waals surface area contributed by atoms with E-state index in [0.717, 1.165) is 0 Å². The number of hydrogen-bond acceptors (Lipinski definition) is 0. The fourth-order valence-corrected chi connectivity index (χ4v) is 1.17. The van der Waals surface area contributed by atoms with E-state index in [1.807, 2.05) is 19.9 Å². The lowest BCUT2D eigenvalue weighted by molar-refractivity contribution is 1.28. The minimum atomic E-state index is -0.134. The van der Waals surface area contributed by atoms with E-state index in [2.05, 4.69) is 6.58 Å². The molecular formula is C9H12Cl2. The number of alkyl halides is 1. The summed E-state index contributed by atoms with van der Waals surface area (Å²) in [7, 11) is 0. The van der Waals surface area contributed by atoms with Crippen molar-refractivity contribution in [1.29, 1.82) is 0 Å². The van der Waals surface area contributed by atoms with Crippen LogP contribution in [0.1, 0.15) is 13.8 Å². The van der Waals surface area contributed by atoms with E-state index in [4.69, 9.17) is 23.2 Å². The smallest absolute Gasteiger partial charge is 0.0716 e. The zero-order valence-corrected chi connectivity index (χ0v) is 8.28. The van der Waals surface area contributed by atoms with Gasteiger partial charge in [0.2, 0.25) is 0 Å². The molecule has 11 heavy (non-hydrogen) atoms. The van der Waals surface area contributed by atoms with Crippen LogP contribution in [-0.2, 0) is 0 Å². The van der Waals surface area contributed by atoms with E-state index >= 15 is 0 Å². The average molecular weight is 191 g/mol. The normalized spacial score (nSPS) is 14.0. The Morgan fingerprint density at radius 2 is 1.91 bits per heavy atom. The molecule has 0 N–H and O–H groups in total.